The molecule has 3 rings (SSSR count). The molecule has 1 aliphatic rings. The van der Waals surface area contributed by atoms with E-state index in [0.29, 0.717) is 17.0 Å². The highest BCUT2D eigenvalue weighted by Crippen LogP contribution is 2.35. The second-order valence-corrected chi connectivity index (χ2v) is 6.22. The third kappa shape index (κ3) is 2.85. The first-order chi connectivity index (χ1) is 10.1. The van der Waals surface area contributed by atoms with E-state index in [1.807, 2.05) is 18.2 Å². The summed E-state index contributed by atoms with van der Waals surface area (Å²) in [6, 6.07) is 10.2. The smallest absolute Gasteiger partial charge is 0.265 e. The van der Waals surface area contributed by atoms with Gasteiger partial charge in [-0.2, -0.15) is 0 Å². The molecule has 0 bridgehead atoms. The Morgan fingerprint density at radius 1 is 1.33 bits per heavy atom. The van der Waals surface area contributed by atoms with Crippen LogP contribution < -0.4 is 9.64 Å². The van der Waals surface area contributed by atoms with Crippen molar-refractivity contribution in [2.24, 2.45) is 0 Å². The van der Waals surface area contributed by atoms with Crippen LogP contribution in [0, 0.1) is 9.39 Å². The van der Waals surface area contributed by atoms with Crippen LogP contribution in [-0.2, 0) is 11.3 Å². The molecule has 108 valence electrons. The number of hydrogen-bond acceptors (Lipinski definition) is 2. The predicted molar refractivity (Wildman–Crippen MR) is 87.3 cm³/mol. The van der Waals surface area contributed by atoms with E-state index in [-0.39, 0.29) is 24.1 Å². The van der Waals surface area contributed by atoms with E-state index in [1.54, 1.807) is 17.0 Å². The van der Waals surface area contributed by atoms with Gasteiger partial charge in [0.15, 0.2) is 6.61 Å². The summed E-state index contributed by atoms with van der Waals surface area (Å²) in [5.41, 5.74) is 1.24. The lowest BCUT2D eigenvalue weighted by Gasteiger charge is -2.29. The zero-order chi connectivity index (χ0) is 15.0. The van der Waals surface area contributed by atoms with E-state index in [0.717, 1.165) is 3.57 Å². The minimum Gasteiger partial charge on any atom is -0.482 e. The summed E-state index contributed by atoms with van der Waals surface area (Å²) in [6.45, 7) is 0.187. The maximum absolute atomic E-state index is 13.5. The first-order valence-corrected chi connectivity index (χ1v) is 7.67. The van der Waals surface area contributed by atoms with Crippen LogP contribution in [-0.4, -0.2) is 12.5 Å². The van der Waals surface area contributed by atoms with Gasteiger partial charge in [-0.05, 0) is 52.4 Å². The second kappa shape index (κ2) is 5.81. The summed E-state index contributed by atoms with van der Waals surface area (Å²) in [5, 5.41) is 0.0452. The number of ether oxygens (including phenoxy) is 1. The molecule has 6 heteroatoms. The quantitative estimate of drug-likeness (QED) is 0.691. The fourth-order valence-electron chi connectivity index (χ4n) is 2.19. The summed E-state index contributed by atoms with van der Waals surface area (Å²) in [6.07, 6.45) is 0. The molecule has 0 spiro atoms. The maximum Gasteiger partial charge on any atom is 0.265 e. The third-order valence-electron chi connectivity index (χ3n) is 3.22. The standard InChI is InChI=1S/C15H10ClFINO2/c16-15-9(2-1-3-11(15)17)7-19-12-5-4-10(18)6-13(12)21-8-14(19)20/h1-6H,7-8H2. The maximum atomic E-state index is 13.5. The Morgan fingerprint density at radius 3 is 2.95 bits per heavy atom. The molecule has 0 fully saturated rings. The largest absolute Gasteiger partial charge is 0.482 e. The topological polar surface area (TPSA) is 29.5 Å². The van der Waals surface area contributed by atoms with Crippen molar-refractivity contribution in [3.63, 3.8) is 0 Å². The minimum atomic E-state index is -0.488. The number of carbonyl (C=O) groups is 1. The van der Waals surface area contributed by atoms with Gasteiger partial charge < -0.3 is 9.64 Å². The number of halogens is 3. The van der Waals surface area contributed by atoms with Crippen LogP contribution >= 0.6 is 34.2 Å². The molecular weight excluding hydrogens is 408 g/mol. The summed E-state index contributed by atoms with van der Waals surface area (Å²) in [4.78, 5) is 13.7. The van der Waals surface area contributed by atoms with Gasteiger partial charge in [-0.25, -0.2) is 4.39 Å². The van der Waals surface area contributed by atoms with Gasteiger partial charge in [0, 0.05) is 3.57 Å². The lowest BCUT2D eigenvalue weighted by molar-refractivity contribution is -0.121. The summed E-state index contributed by atoms with van der Waals surface area (Å²) in [5.74, 6) is -0.0178. The van der Waals surface area contributed by atoms with Crippen LogP contribution in [0.25, 0.3) is 0 Å². The number of nitrogens with zero attached hydrogens (tertiary/aromatic N) is 1. The number of fused-ring (bicyclic) bond motifs is 1. The van der Waals surface area contributed by atoms with Gasteiger partial charge in [-0.3, -0.25) is 4.79 Å². The number of rotatable bonds is 2. The van der Waals surface area contributed by atoms with Crippen molar-refractivity contribution >= 4 is 45.8 Å². The van der Waals surface area contributed by atoms with Crippen LogP contribution in [0.2, 0.25) is 5.02 Å². The molecule has 1 amide bonds. The molecule has 0 N–H and O–H groups in total. The van der Waals surface area contributed by atoms with Gasteiger partial charge in [-0.1, -0.05) is 23.7 Å². The Kier molecular flexibility index (Phi) is 4.03. The highest BCUT2D eigenvalue weighted by atomic mass is 127. The Balaban J connectivity index is 1.99. The molecule has 0 aromatic heterocycles. The lowest BCUT2D eigenvalue weighted by Crippen LogP contribution is -2.38. The second-order valence-electron chi connectivity index (χ2n) is 4.59. The highest BCUT2D eigenvalue weighted by Gasteiger charge is 2.26. The van der Waals surface area contributed by atoms with Gasteiger partial charge in [0.25, 0.3) is 5.91 Å². The summed E-state index contributed by atoms with van der Waals surface area (Å²) >= 11 is 8.14. The van der Waals surface area contributed by atoms with Crippen LogP contribution in [0.5, 0.6) is 5.75 Å². The van der Waals surface area contributed by atoms with E-state index < -0.39 is 5.82 Å². The summed E-state index contributed by atoms with van der Waals surface area (Å²) in [7, 11) is 0. The number of amides is 1. The molecule has 0 aliphatic carbocycles. The number of benzene rings is 2. The fourth-order valence-corrected chi connectivity index (χ4v) is 2.84. The van der Waals surface area contributed by atoms with Gasteiger partial charge in [0.05, 0.1) is 17.3 Å². The SMILES string of the molecule is O=C1COc2cc(I)ccc2N1Cc1cccc(F)c1Cl. The van der Waals surface area contributed by atoms with E-state index >= 15 is 0 Å². The highest BCUT2D eigenvalue weighted by molar-refractivity contribution is 14.1. The Hall–Kier alpha value is -1.34. The molecule has 2 aromatic carbocycles. The van der Waals surface area contributed by atoms with Crippen LogP contribution in [0.1, 0.15) is 5.56 Å². The Bertz CT molecular complexity index is 723. The van der Waals surface area contributed by atoms with E-state index in [9.17, 15) is 9.18 Å². The number of hydrogen-bond donors (Lipinski definition) is 0. The molecule has 0 saturated carbocycles. The average molecular weight is 418 g/mol. The zero-order valence-corrected chi connectivity index (χ0v) is 13.7. The van der Waals surface area contributed by atoms with E-state index in [4.69, 9.17) is 16.3 Å². The van der Waals surface area contributed by atoms with Crippen molar-refractivity contribution in [3.05, 3.63) is 56.4 Å². The van der Waals surface area contributed by atoms with Crippen LogP contribution in [0.15, 0.2) is 36.4 Å². The van der Waals surface area contributed by atoms with Crippen molar-refractivity contribution in [3.8, 4) is 5.75 Å². The van der Waals surface area contributed by atoms with Crippen molar-refractivity contribution in [1.29, 1.82) is 0 Å². The first-order valence-electron chi connectivity index (χ1n) is 6.22. The zero-order valence-electron chi connectivity index (χ0n) is 10.8. The molecule has 0 radical (unpaired) electrons. The van der Waals surface area contributed by atoms with Crippen molar-refractivity contribution in [2.75, 3.05) is 11.5 Å². The Labute approximate surface area is 139 Å². The van der Waals surface area contributed by atoms with Crippen LogP contribution in [0.3, 0.4) is 0 Å². The molecular formula is C15H10ClFINO2. The molecule has 1 heterocycles. The van der Waals surface area contributed by atoms with Crippen molar-refractivity contribution in [2.45, 2.75) is 6.54 Å². The molecule has 2 aromatic rings. The normalized spacial score (nSPS) is 13.9. The predicted octanol–water partition coefficient (Wildman–Crippen LogP) is 4.01. The van der Waals surface area contributed by atoms with Gasteiger partial charge in [0.1, 0.15) is 11.6 Å². The summed E-state index contributed by atoms with van der Waals surface area (Å²) < 4.78 is 20.0. The molecule has 0 atom stereocenters. The molecule has 1 aliphatic heterocycles. The average Bonchev–Trinajstić information content (AvgIpc) is 2.46. The van der Waals surface area contributed by atoms with Gasteiger partial charge in [0.2, 0.25) is 0 Å². The van der Waals surface area contributed by atoms with Crippen molar-refractivity contribution in [1.82, 2.24) is 0 Å². The molecule has 3 nitrogen and oxygen atoms in total. The first kappa shape index (κ1) is 14.6. The molecule has 0 unspecified atom stereocenters. The number of carbonyl (C=O) groups excluding carboxylic acids is 1. The van der Waals surface area contributed by atoms with Gasteiger partial charge in [-0.15, -0.1) is 0 Å². The Morgan fingerprint density at radius 2 is 2.14 bits per heavy atom. The molecule has 21 heavy (non-hydrogen) atoms. The third-order valence-corrected chi connectivity index (χ3v) is 4.32. The van der Waals surface area contributed by atoms with Crippen molar-refractivity contribution < 1.29 is 13.9 Å². The van der Waals surface area contributed by atoms with Gasteiger partial charge >= 0.3 is 0 Å². The monoisotopic (exact) mass is 417 g/mol. The fraction of sp³-hybridized carbons (Fsp3) is 0.133. The van der Waals surface area contributed by atoms with Crippen LogP contribution in [0.4, 0.5) is 10.1 Å². The van der Waals surface area contributed by atoms with E-state index in [1.165, 1.54) is 6.07 Å². The van der Waals surface area contributed by atoms with E-state index in [2.05, 4.69) is 22.6 Å². The molecule has 0 saturated heterocycles. The number of anilines is 1. The lowest BCUT2D eigenvalue weighted by atomic mass is 10.1. The minimum absolute atomic E-state index is 0.0277.